The number of nitrogens with zero attached hydrogens (tertiary/aromatic N) is 2. The van der Waals surface area contributed by atoms with Crippen molar-refractivity contribution in [2.45, 2.75) is 42.5 Å². The summed E-state index contributed by atoms with van der Waals surface area (Å²) in [6.07, 6.45) is 4.89. The van der Waals surface area contributed by atoms with Gasteiger partial charge in [0, 0.05) is 24.2 Å². The number of para-hydroxylation sites is 1. The van der Waals surface area contributed by atoms with Crippen LogP contribution in [0.15, 0.2) is 35.9 Å². The number of carbonyl (C=O) groups is 1. The van der Waals surface area contributed by atoms with Gasteiger partial charge >= 0.3 is 0 Å². The van der Waals surface area contributed by atoms with Crippen molar-refractivity contribution in [2.75, 3.05) is 24.6 Å². The largest absolute Gasteiger partial charge is 0.373 e. The fourth-order valence-corrected chi connectivity index (χ4v) is 7.74. The third-order valence-corrected chi connectivity index (χ3v) is 8.48. The van der Waals surface area contributed by atoms with Gasteiger partial charge in [-0.25, -0.2) is 0 Å². The molecule has 5 heteroatoms. The summed E-state index contributed by atoms with van der Waals surface area (Å²) in [5.41, 5.74) is 10.5. The number of ether oxygens (including phenoxy) is 1. The molecule has 6 aliphatic rings. The first-order valence-corrected chi connectivity index (χ1v) is 9.92. The van der Waals surface area contributed by atoms with Crippen LogP contribution in [0.25, 0.3) is 0 Å². The highest BCUT2D eigenvalue weighted by Crippen LogP contribution is 2.68. The van der Waals surface area contributed by atoms with Gasteiger partial charge in [-0.15, -0.1) is 0 Å². The fraction of sp³-hybridized carbons (Fsp3) is 0.571. The number of carbonyl (C=O) groups excluding carboxylic acids is 1. The second-order valence-electron chi connectivity index (χ2n) is 9.00. The molecule has 2 N–H and O–H groups in total. The van der Waals surface area contributed by atoms with Gasteiger partial charge in [-0.3, -0.25) is 14.6 Å². The van der Waals surface area contributed by atoms with Crippen molar-refractivity contribution in [1.29, 1.82) is 0 Å². The number of amides is 1. The summed E-state index contributed by atoms with van der Waals surface area (Å²) in [5.74, 6) is 0.780. The van der Waals surface area contributed by atoms with Crippen LogP contribution in [0.5, 0.6) is 0 Å². The molecule has 2 unspecified atom stereocenters. The summed E-state index contributed by atoms with van der Waals surface area (Å²) in [6.45, 7) is 2.74. The maximum Gasteiger partial charge on any atom is 0.231 e. The van der Waals surface area contributed by atoms with Gasteiger partial charge in [0.1, 0.15) is 5.66 Å². The average molecular weight is 349 g/mol. The van der Waals surface area contributed by atoms with Crippen molar-refractivity contribution in [1.82, 2.24) is 4.90 Å². The van der Waals surface area contributed by atoms with E-state index < -0.39 is 5.66 Å². The lowest BCUT2D eigenvalue weighted by molar-refractivity contribution is -0.142. The number of piperidine rings is 2. The normalized spacial score (nSPS) is 47.5. The highest BCUT2D eigenvalue weighted by atomic mass is 16.5. The highest BCUT2D eigenvalue weighted by Gasteiger charge is 2.77. The van der Waals surface area contributed by atoms with Crippen LogP contribution >= 0.6 is 0 Å². The second kappa shape index (κ2) is 4.24. The molecule has 0 radical (unpaired) electrons. The Balaban J connectivity index is 1.60. The minimum absolute atomic E-state index is 0.0539. The van der Waals surface area contributed by atoms with Crippen molar-refractivity contribution in [2.24, 2.45) is 17.6 Å². The van der Waals surface area contributed by atoms with E-state index >= 15 is 0 Å². The van der Waals surface area contributed by atoms with Gasteiger partial charge in [0.2, 0.25) is 5.91 Å². The molecule has 1 aliphatic carbocycles. The summed E-state index contributed by atoms with van der Waals surface area (Å²) >= 11 is 0. The summed E-state index contributed by atoms with van der Waals surface area (Å²) in [5, 5.41) is 0. The molecule has 6 atom stereocenters. The lowest BCUT2D eigenvalue weighted by Crippen LogP contribution is -2.81. The van der Waals surface area contributed by atoms with Gasteiger partial charge in [0.05, 0.1) is 24.5 Å². The molecule has 1 saturated carbocycles. The Morgan fingerprint density at radius 1 is 1.27 bits per heavy atom. The Hall–Kier alpha value is -1.69. The third-order valence-electron chi connectivity index (χ3n) is 8.48. The molecule has 26 heavy (non-hydrogen) atoms. The second-order valence-corrected chi connectivity index (χ2v) is 9.00. The molecule has 3 saturated heterocycles. The SMILES string of the molecule is NC12[C@@H]3C4CC(=O)N1c1ccccc1[C@@]21CCN2CC(=CCO4)[C@@H]3C[C@H]21. The van der Waals surface area contributed by atoms with E-state index in [1.165, 1.54) is 11.1 Å². The summed E-state index contributed by atoms with van der Waals surface area (Å²) < 4.78 is 6.23. The Morgan fingerprint density at radius 2 is 2.15 bits per heavy atom. The minimum Gasteiger partial charge on any atom is -0.373 e. The van der Waals surface area contributed by atoms with Gasteiger partial charge in [0.15, 0.2) is 0 Å². The van der Waals surface area contributed by atoms with Gasteiger partial charge < -0.3 is 10.5 Å². The monoisotopic (exact) mass is 349 g/mol. The Bertz CT molecular complexity index is 897. The van der Waals surface area contributed by atoms with Crippen LogP contribution in [-0.4, -0.2) is 48.3 Å². The Labute approximate surface area is 152 Å². The van der Waals surface area contributed by atoms with E-state index in [2.05, 4.69) is 29.2 Å². The molecule has 7 rings (SSSR count). The number of nitrogens with two attached hydrogens (primary N) is 1. The molecule has 1 aromatic rings. The molecular formula is C21H23N3O2. The average Bonchev–Trinajstić information content (AvgIpc) is 3.05. The number of hydrogen-bond acceptors (Lipinski definition) is 4. The van der Waals surface area contributed by atoms with Crippen LogP contribution in [0.4, 0.5) is 5.69 Å². The molecule has 5 nitrogen and oxygen atoms in total. The van der Waals surface area contributed by atoms with Crippen LogP contribution in [-0.2, 0) is 14.9 Å². The molecule has 5 aliphatic heterocycles. The standard InChI is InChI=1S/C21H23N3O2/c22-21-19-13-9-17-20(21)6-7-23(17)11-12(13)5-8-26-16(19)10-18(25)24(21)15-4-2-1-3-14(15)20/h1-5,13,16-17,19H,6-11,22H2/t13-,16?,17-,19-,20+,21?/m0/s1. The third kappa shape index (κ3) is 1.24. The highest BCUT2D eigenvalue weighted by molar-refractivity contribution is 6.00. The van der Waals surface area contributed by atoms with Crippen molar-refractivity contribution < 1.29 is 9.53 Å². The summed E-state index contributed by atoms with van der Waals surface area (Å²) in [7, 11) is 0. The lowest BCUT2D eigenvalue weighted by atomic mass is 9.50. The topological polar surface area (TPSA) is 58.8 Å². The predicted molar refractivity (Wildman–Crippen MR) is 96.5 cm³/mol. The van der Waals surface area contributed by atoms with Crippen LogP contribution in [0, 0.1) is 11.8 Å². The fourth-order valence-electron chi connectivity index (χ4n) is 7.74. The van der Waals surface area contributed by atoms with E-state index in [0.29, 0.717) is 25.0 Å². The zero-order chi connectivity index (χ0) is 17.3. The van der Waals surface area contributed by atoms with Crippen molar-refractivity contribution in [3.8, 4) is 0 Å². The van der Waals surface area contributed by atoms with Crippen LogP contribution in [0.1, 0.15) is 24.8 Å². The lowest BCUT2D eigenvalue weighted by Gasteiger charge is -2.64. The number of rotatable bonds is 0. The van der Waals surface area contributed by atoms with E-state index in [1.54, 1.807) is 0 Å². The zero-order valence-corrected chi connectivity index (χ0v) is 14.7. The number of fused-ring (bicyclic) bond motifs is 2. The molecule has 1 amide bonds. The van der Waals surface area contributed by atoms with Crippen molar-refractivity contribution in [3.05, 3.63) is 41.5 Å². The smallest absolute Gasteiger partial charge is 0.231 e. The maximum absolute atomic E-state index is 13.3. The van der Waals surface area contributed by atoms with E-state index in [9.17, 15) is 4.79 Å². The van der Waals surface area contributed by atoms with E-state index in [1.807, 2.05) is 11.0 Å². The zero-order valence-electron chi connectivity index (χ0n) is 14.7. The first-order chi connectivity index (χ1) is 12.7. The number of anilines is 1. The van der Waals surface area contributed by atoms with E-state index in [4.69, 9.17) is 10.5 Å². The molecule has 134 valence electrons. The summed E-state index contributed by atoms with van der Waals surface area (Å²) in [6, 6.07) is 8.93. The van der Waals surface area contributed by atoms with Crippen molar-refractivity contribution in [3.63, 3.8) is 0 Å². The van der Waals surface area contributed by atoms with Crippen LogP contribution in [0.2, 0.25) is 0 Å². The Kier molecular flexibility index (Phi) is 2.34. The first kappa shape index (κ1) is 14.4. The maximum atomic E-state index is 13.3. The number of hydrogen-bond donors (Lipinski definition) is 1. The number of benzene rings is 1. The van der Waals surface area contributed by atoms with Crippen LogP contribution < -0.4 is 10.6 Å². The van der Waals surface area contributed by atoms with E-state index in [0.717, 1.165) is 31.6 Å². The van der Waals surface area contributed by atoms with Gasteiger partial charge in [-0.05, 0) is 36.9 Å². The molecular weight excluding hydrogens is 326 g/mol. The molecule has 2 bridgehead atoms. The minimum atomic E-state index is -0.664. The van der Waals surface area contributed by atoms with Gasteiger partial charge in [-0.1, -0.05) is 29.8 Å². The Morgan fingerprint density at radius 3 is 3.08 bits per heavy atom. The molecule has 1 spiro atoms. The molecule has 5 heterocycles. The van der Waals surface area contributed by atoms with Gasteiger partial charge in [0.25, 0.3) is 0 Å². The molecule has 4 fully saturated rings. The molecule has 0 aromatic heterocycles. The van der Waals surface area contributed by atoms with Crippen LogP contribution in [0.3, 0.4) is 0 Å². The van der Waals surface area contributed by atoms with E-state index in [-0.39, 0.29) is 23.3 Å². The summed E-state index contributed by atoms with van der Waals surface area (Å²) in [4.78, 5) is 17.9. The predicted octanol–water partition coefficient (Wildman–Crippen LogP) is 1.38. The molecule has 1 aromatic carbocycles. The first-order valence-electron chi connectivity index (χ1n) is 9.92. The van der Waals surface area contributed by atoms with Crippen molar-refractivity contribution >= 4 is 11.6 Å². The van der Waals surface area contributed by atoms with Gasteiger partial charge in [-0.2, -0.15) is 0 Å². The quantitative estimate of drug-likeness (QED) is 0.719.